The molecule has 1 aliphatic heterocycles. The number of hydrogen-bond donors (Lipinski definition) is 1. The fourth-order valence-electron chi connectivity index (χ4n) is 3.19. The normalized spacial score (nSPS) is 15.8. The van der Waals surface area contributed by atoms with Gasteiger partial charge in [-0.3, -0.25) is 4.79 Å². The molecule has 1 atom stereocenters. The van der Waals surface area contributed by atoms with E-state index in [1.54, 1.807) is 6.07 Å². The number of hydrogen-bond acceptors (Lipinski definition) is 3. The molecule has 0 aliphatic carbocycles. The average Bonchev–Trinajstić information content (AvgIpc) is 3.15. The molecule has 0 saturated carbocycles. The summed E-state index contributed by atoms with van der Waals surface area (Å²) in [5.74, 6) is -0.686. The van der Waals surface area contributed by atoms with E-state index in [4.69, 9.17) is 4.74 Å². The highest BCUT2D eigenvalue weighted by atomic mass is 19.1. The molecule has 0 aromatic heterocycles. The van der Waals surface area contributed by atoms with Crippen molar-refractivity contribution >= 4 is 5.91 Å². The quantitative estimate of drug-likeness (QED) is 0.875. The van der Waals surface area contributed by atoms with Gasteiger partial charge in [-0.15, -0.1) is 0 Å². The number of ether oxygens (including phenoxy) is 1. The lowest BCUT2D eigenvalue weighted by molar-refractivity contribution is 0.0926. The van der Waals surface area contributed by atoms with Gasteiger partial charge in [0, 0.05) is 12.1 Å². The molecule has 2 aromatic carbocycles. The second-order valence-electron chi connectivity index (χ2n) is 6.29. The van der Waals surface area contributed by atoms with E-state index in [2.05, 4.69) is 10.2 Å². The van der Waals surface area contributed by atoms with E-state index in [1.165, 1.54) is 32.1 Å². The van der Waals surface area contributed by atoms with Gasteiger partial charge in [0.25, 0.3) is 5.91 Å². The van der Waals surface area contributed by atoms with Crippen LogP contribution in [0.5, 0.6) is 5.75 Å². The lowest BCUT2D eigenvalue weighted by Crippen LogP contribution is -2.37. The van der Waals surface area contributed by atoms with Gasteiger partial charge in [-0.2, -0.15) is 0 Å². The molecule has 4 nitrogen and oxygen atoms in total. The number of nitrogens with one attached hydrogen (secondary N) is 1. The number of rotatable bonds is 6. The number of likely N-dealkylation sites (tertiary alicyclic amines) is 1. The fraction of sp³-hybridized carbons (Fsp3) is 0.350. The van der Waals surface area contributed by atoms with Crippen LogP contribution in [0.4, 0.5) is 4.39 Å². The van der Waals surface area contributed by atoms with Crippen molar-refractivity contribution in [3.05, 3.63) is 65.5 Å². The lowest BCUT2D eigenvalue weighted by Gasteiger charge is -2.25. The maximum absolute atomic E-state index is 13.9. The van der Waals surface area contributed by atoms with Crippen molar-refractivity contribution in [3.63, 3.8) is 0 Å². The third-order valence-electron chi connectivity index (χ3n) is 4.56. The van der Waals surface area contributed by atoms with Gasteiger partial charge in [0.05, 0.1) is 13.2 Å². The minimum atomic E-state index is -0.536. The van der Waals surface area contributed by atoms with Crippen LogP contribution < -0.4 is 10.1 Å². The summed E-state index contributed by atoms with van der Waals surface area (Å²) < 4.78 is 18.8. The van der Waals surface area contributed by atoms with E-state index in [-0.39, 0.29) is 17.7 Å². The van der Waals surface area contributed by atoms with Crippen molar-refractivity contribution in [1.82, 2.24) is 10.2 Å². The lowest BCUT2D eigenvalue weighted by atomic mass is 10.1. The Morgan fingerprint density at radius 2 is 1.92 bits per heavy atom. The Hall–Kier alpha value is -2.40. The third-order valence-corrected chi connectivity index (χ3v) is 4.56. The first kappa shape index (κ1) is 17.4. The molecule has 2 aromatic rings. The van der Waals surface area contributed by atoms with Crippen LogP contribution in [0.25, 0.3) is 0 Å². The minimum absolute atomic E-state index is 0.128. The second-order valence-corrected chi connectivity index (χ2v) is 6.29. The molecule has 0 bridgehead atoms. The highest BCUT2D eigenvalue weighted by Gasteiger charge is 2.21. The summed E-state index contributed by atoms with van der Waals surface area (Å²) in [4.78, 5) is 15.0. The average molecular weight is 342 g/mol. The molecule has 1 aliphatic rings. The molecule has 132 valence electrons. The fourth-order valence-corrected chi connectivity index (χ4v) is 3.19. The summed E-state index contributed by atoms with van der Waals surface area (Å²) in [5.41, 5.74) is 1.34. The summed E-state index contributed by atoms with van der Waals surface area (Å²) >= 11 is 0. The van der Waals surface area contributed by atoms with E-state index in [9.17, 15) is 9.18 Å². The summed E-state index contributed by atoms with van der Waals surface area (Å²) in [6, 6.07) is 14.0. The SMILES string of the molecule is COc1ccc(C(=O)NC(CN2CCCC2)c2ccccc2)cc1F. The zero-order valence-electron chi connectivity index (χ0n) is 14.4. The zero-order valence-corrected chi connectivity index (χ0v) is 14.4. The zero-order chi connectivity index (χ0) is 17.6. The minimum Gasteiger partial charge on any atom is -0.494 e. The molecule has 1 amide bonds. The highest BCUT2D eigenvalue weighted by molar-refractivity contribution is 5.94. The van der Waals surface area contributed by atoms with Gasteiger partial charge in [-0.1, -0.05) is 30.3 Å². The van der Waals surface area contributed by atoms with Crippen molar-refractivity contribution in [1.29, 1.82) is 0 Å². The van der Waals surface area contributed by atoms with Crippen molar-refractivity contribution < 1.29 is 13.9 Å². The summed E-state index contributed by atoms with van der Waals surface area (Å²) in [6.45, 7) is 2.86. The van der Waals surface area contributed by atoms with Gasteiger partial charge in [0.15, 0.2) is 11.6 Å². The number of carbonyl (C=O) groups excluding carboxylic acids is 1. The smallest absolute Gasteiger partial charge is 0.251 e. The van der Waals surface area contributed by atoms with Gasteiger partial charge >= 0.3 is 0 Å². The van der Waals surface area contributed by atoms with E-state index >= 15 is 0 Å². The maximum Gasteiger partial charge on any atom is 0.251 e. The summed E-state index contributed by atoms with van der Waals surface area (Å²) in [6.07, 6.45) is 2.39. The van der Waals surface area contributed by atoms with Crippen LogP contribution in [0, 0.1) is 5.82 Å². The van der Waals surface area contributed by atoms with Crippen LogP contribution in [0.3, 0.4) is 0 Å². The summed E-state index contributed by atoms with van der Waals surface area (Å²) in [5, 5.41) is 3.05. The highest BCUT2D eigenvalue weighted by Crippen LogP contribution is 2.20. The molecule has 25 heavy (non-hydrogen) atoms. The maximum atomic E-state index is 13.9. The Labute approximate surface area is 147 Å². The van der Waals surface area contributed by atoms with E-state index in [0.29, 0.717) is 5.56 Å². The topological polar surface area (TPSA) is 41.6 Å². The number of methoxy groups -OCH3 is 1. The Morgan fingerprint density at radius 1 is 1.20 bits per heavy atom. The van der Waals surface area contributed by atoms with Gasteiger partial charge < -0.3 is 15.0 Å². The van der Waals surface area contributed by atoms with Gasteiger partial charge in [0.2, 0.25) is 0 Å². The number of nitrogens with zero attached hydrogens (tertiary/aromatic N) is 1. The standard InChI is InChI=1S/C20H23FN2O2/c1-25-19-10-9-16(13-17(19)21)20(24)22-18(14-23-11-5-6-12-23)15-7-3-2-4-8-15/h2-4,7-10,13,18H,5-6,11-12,14H2,1H3,(H,22,24). The second kappa shape index (κ2) is 8.12. The van der Waals surface area contributed by atoms with Gasteiger partial charge in [0.1, 0.15) is 0 Å². The molecule has 5 heteroatoms. The molecule has 1 unspecified atom stereocenters. The van der Waals surface area contributed by atoms with E-state index in [0.717, 1.165) is 25.2 Å². The van der Waals surface area contributed by atoms with Crippen molar-refractivity contribution in [2.45, 2.75) is 18.9 Å². The van der Waals surface area contributed by atoms with Crippen LogP contribution in [-0.4, -0.2) is 37.6 Å². The number of halogens is 1. The van der Waals surface area contributed by atoms with Crippen LogP contribution >= 0.6 is 0 Å². The predicted molar refractivity (Wildman–Crippen MR) is 95.3 cm³/mol. The molecular weight excluding hydrogens is 319 g/mol. The Kier molecular flexibility index (Phi) is 5.66. The number of benzene rings is 2. The largest absolute Gasteiger partial charge is 0.494 e. The number of amides is 1. The van der Waals surface area contributed by atoms with Crippen molar-refractivity contribution in [2.24, 2.45) is 0 Å². The van der Waals surface area contributed by atoms with Crippen LogP contribution in [0.1, 0.15) is 34.8 Å². The van der Waals surface area contributed by atoms with Gasteiger partial charge in [-0.25, -0.2) is 4.39 Å². The van der Waals surface area contributed by atoms with Crippen LogP contribution in [0.15, 0.2) is 48.5 Å². The molecular formula is C20H23FN2O2. The molecule has 3 rings (SSSR count). The summed E-state index contributed by atoms with van der Waals surface area (Å²) in [7, 11) is 1.40. The molecule has 1 heterocycles. The molecule has 1 saturated heterocycles. The van der Waals surface area contributed by atoms with Crippen LogP contribution in [-0.2, 0) is 0 Å². The first-order valence-corrected chi connectivity index (χ1v) is 8.59. The molecule has 0 spiro atoms. The number of carbonyl (C=O) groups is 1. The van der Waals surface area contributed by atoms with Crippen molar-refractivity contribution in [3.8, 4) is 5.75 Å². The first-order chi connectivity index (χ1) is 12.2. The molecule has 1 fully saturated rings. The Balaban J connectivity index is 1.76. The predicted octanol–water partition coefficient (Wildman–Crippen LogP) is 3.40. The first-order valence-electron chi connectivity index (χ1n) is 8.59. The van der Waals surface area contributed by atoms with E-state index < -0.39 is 5.82 Å². The molecule has 0 radical (unpaired) electrons. The van der Waals surface area contributed by atoms with E-state index in [1.807, 2.05) is 30.3 Å². The van der Waals surface area contributed by atoms with Crippen LogP contribution in [0.2, 0.25) is 0 Å². The Morgan fingerprint density at radius 3 is 2.56 bits per heavy atom. The third kappa shape index (κ3) is 4.37. The Bertz CT molecular complexity index is 715. The van der Waals surface area contributed by atoms with Crippen molar-refractivity contribution in [2.75, 3.05) is 26.7 Å². The van der Waals surface area contributed by atoms with Gasteiger partial charge in [-0.05, 0) is 49.7 Å². The molecule has 1 N–H and O–H groups in total. The monoisotopic (exact) mass is 342 g/mol.